The number of piperidine rings is 1. The number of carbonyl (C=O) groups excluding carboxylic acids is 1. The van der Waals surface area contributed by atoms with Crippen molar-refractivity contribution < 1.29 is 9.53 Å². The second kappa shape index (κ2) is 7.55. The summed E-state index contributed by atoms with van der Waals surface area (Å²) in [5, 5.41) is 0. The van der Waals surface area contributed by atoms with Gasteiger partial charge >= 0.3 is 6.09 Å². The van der Waals surface area contributed by atoms with Crippen molar-refractivity contribution in [3.63, 3.8) is 0 Å². The third kappa shape index (κ3) is 4.55. The Labute approximate surface area is 156 Å². The molecule has 2 N–H and O–H groups in total. The van der Waals surface area contributed by atoms with Gasteiger partial charge < -0.3 is 20.3 Å². The van der Waals surface area contributed by atoms with Crippen molar-refractivity contribution in [1.82, 2.24) is 9.80 Å². The topological polar surface area (TPSA) is 83.5 Å². The van der Waals surface area contributed by atoms with E-state index < -0.39 is 5.60 Å². The van der Waals surface area contributed by atoms with Gasteiger partial charge in [0.2, 0.25) is 0 Å². The van der Waals surface area contributed by atoms with Crippen LogP contribution in [0, 0.1) is 5.41 Å². The first-order valence-electron chi connectivity index (χ1n) is 9.77. The Morgan fingerprint density at radius 1 is 1.23 bits per heavy atom. The van der Waals surface area contributed by atoms with Gasteiger partial charge in [0.1, 0.15) is 11.9 Å². The van der Waals surface area contributed by atoms with Crippen LogP contribution < -0.4 is 5.73 Å². The Morgan fingerprint density at radius 3 is 2.54 bits per heavy atom. The molecule has 0 radical (unpaired) electrons. The highest BCUT2D eigenvalue weighted by Crippen LogP contribution is 2.50. The number of rotatable bonds is 3. The third-order valence-electron chi connectivity index (χ3n) is 5.87. The van der Waals surface area contributed by atoms with Crippen molar-refractivity contribution in [2.24, 2.45) is 21.1 Å². The molecule has 146 valence electrons. The van der Waals surface area contributed by atoms with Gasteiger partial charge in [-0.3, -0.25) is 4.99 Å². The number of carbonyl (C=O) groups is 1. The quantitative estimate of drug-likeness (QED) is 0.616. The summed E-state index contributed by atoms with van der Waals surface area (Å²) < 4.78 is 5.52. The summed E-state index contributed by atoms with van der Waals surface area (Å²) in [6.45, 7) is 9.66. The van der Waals surface area contributed by atoms with E-state index in [4.69, 9.17) is 10.5 Å². The zero-order valence-corrected chi connectivity index (χ0v) is 16.4. The molecule has 2 saturated heterocycles. The van der Waals surface area contributed by atoms with E-state index in [1.54, 1.807) is 6.34 Å². The van der Waals surface area contributed by atoms with Gasteiger partial charge in [0.05, 0.1) is 12.4 Å². The molecule has 0 aromatic carbocycles. The summed E-state index contributed by atoms with van der Waals surface area (Å²) in [4.78, 5) is 25.1. The molecule has 7 heteroatoms. The Bertz CT molecular complexity index is 555. The van der Waals surface area contributed by atoms with E-state index in [1.807, 2.05) is 25.7 Å². The summed E-state index contributed by atoms with van der Waals surface area (Å²) in [6, 6.07) is 1.04. The zero-order valence-electron chi connectivity index (χ0n) is 16.4. The van der Waals surface area contributed by atoms with E-state index in [1.165, 1.54) is 19.2 Å². The fourth-order valence-electron chi connectivity index (χ4n) is 4.52. The van der Waals surface area contributed by atoms with Crippen molar-refractivity contribution in [2.45, 2.75) is 70.6 Å². The molecule has 1 amide bonds. The molecule has 3 fully saturated rings. The van der Waals surface area contributed by atoms with Crippen molar-refractivity contribution in [3.8, 4) is 0 Å². The molecule has 0 aromatic heterocycles. The smallest absolute Gasteiger partial charge is 0.410 e. The number of hydrogen-bond donors (Lipinski definition) is 1. The predicted molar refractivity (Wildman–Crippen MR) is 104 cm³/mol. The molecule has 3 rings (SSSR count). The lowest BCUT2D eigenvalue weighted by Crippen LogP contribution is -2.54. The van der Waals surface area contributed by atoms with Crippen molar-refractivity contribution in [1.29, 1.82) is 0 Å². The van der Waals surface area contributed by atoms with Gasteiger partial charge in [0, 0.05) is 32.2 Å². The van der Waals surface area contributed by atoms with E-state index in [-0.39, 0.29) is 6.09 Å². The minimum absolute atomic E-state index is 0.156. The van der Waals surface area contributed by atoms with Crippen LogP contribution >= 0.6 is 0 Å². The lowest BCUT2D eigenvalue weighted by molar-refractivity contribution is -0.00978. The first-order chi connectivity index (χ1) is 12.3. The van der Waals surface area contributed by atoms with Gasteiger partial charge in [0.25, 0.3) is 0 Å². The third-order valence-corrected chi connectivity index (χ3v) is 5.87. The van der Waals surface area contributed by atoms with Gasteiger partial charge in [-0.2, -0.15) is 0 Å². The van der Waals surface area contributed by atoms with Crippen LogP contribution in [0.25, 0.3) is 0 Å². The maximum Gasteiger partial charge on any atom is 0.410 e. The number of likely N-dealkylation sites (tertiary alicyclic amines) is 2. The van der Waals surface area contributed by atoms with Crippen molar-refractivity contribution in [2.75, 3.05) is 26.2 Å². The van der Waals surface area contributed by atoms with Crippen molar-refractivity contribution >= 4 is 18.8 Å². The second-order valence-electron chi connectivity index (χ2n) is 9.04. The average Bonchev–Trinajstić information content (AvgIpc) is 2.99. The Morgan fingerprint density at radius 2 is 1.92 bits per heavy atom. The molecule has 1 spiro atoms. The number of nitrogens with zero attached hydrogens (tertiary/aromatic N) is 4. The first-order valence-corrected chi connectivity index (χ1v) is 9.77. The molecule has 26 heavy (non-hydrogen) atoms. The summed E-state index contributed by atoms with van der Waals surface area (Å²) in [5.41, 5.74) is 5.13. The second-order valence-corrected chi connectivity index (χ2v) is 9.04. The highest BCUT2D eigenvalue weighted by Gasteiger charge is 2.51. The normalized spacial score (nSPS) is 31.2. The molecular formula is C19H33N5O2. The van der Waals surface area contributed by atoms with E-state index in [0.717, 1.165) is 45.4 Å². The molecule has 7 nitrogen and oxygen atoms in total. The van der Waals surface area contributed by atoms with Crippen LogP contribution in [0.15, 0.2) is 9.98 Å². The van der Waals surface area contributed by atoms with E-state index >= 15 is 0 Å². The highest BCUT2D eigenvalue weighted by molar-refractivity contribution is 5.69. The molecule has 1 saturated carbocycles. The number of nitrogens with two attached hydrogens (primary N) is 1. The highest BCUT2D eigenvalue weighted by atomic mass is 16.6. The summed E-state index contributed by atoms with van der Waals surface area (Å²) in [6.07, 6.45) is 8.39. The molecule has 1 aliphatic carbocycles. The van der Waals surface area contributed by atoms with Gasteiger partial charge in [-0.25, -0.2) is 9.79 Å². The molecule has 3 aliphatic rings. The van der Waals surface area contributed by atoms with Crippen LogP contribution in [-0.4, -0.2) is 72.4 Å². The van der Waals surface area contributed by atoms with Crippen LogP contribution in [0.1, 0.15) is 52.9 Å². The van der Waals surface area contributed by atoms with E-state index in [0.29, 0.717) is 17.5 Å². The maximum atomic E-state index is 12.3. The molecule has 2 aliphatic heterocycles. The average molecular weight is 364 g/mol. The van der Waals surface area contributed by atoms with Crippen LogP contribution in [0.3, 0.4) is 0 Å². The Kier molecular flexibility index (Phi) is 5.55. The summed E-state index contributed by atoms with van der Waals surface area (Å²) in [7, 11) is 0. The minimum Gasteiger partial charge on any atom is -0.444 e. The van der Waals surface area contributed by atoms with Crippen LogP contribution in [-0.2, 0) is 4.74 Å². The van der Waals surface area contributed by atoms with Gasteiger partial charge in [-0.05, 0) is 58.3 Å². The molecular weight excluding hydrogens is 330 g/mol. The first kappa shape index (κ1) is 19.1. The van der Waals surface area contributed by atoms with Crippen LogP contribution in [0.2, 0.25) is 0 Å². The number of ether oxygens (including phenoxy) is 1. The van der Waals surface area contributed by atoms with Crippen LogP contribution in [0.5, 0.6) is 0 Å². The zero-order chi connectivity index (χ0) is 18.8. The molecule has 0 bridgehead atoms. The summed E-state index contributed by atoms with van der Waals surface area (Å²) in [5.74, 6) is 0. The molecule has 0 atom stereocenters. The van der Waals surface area contributed by atoms with E-state index in [2.05, 4.69) is 14.9 Å². The van der Waals surface area contributed by atoms with Gasteiger partial charge in [-0.15, -0.1) is 0 Å². The fourth-order valence-corrected chi connectivity index (χ4v) is 4.52. The lowest BCUT2D eigenvalue weighted by Gasteiger charge is -2.51. The fraction of sp³-hybridized carbons (Fsp3) is 0.842. The van der Waals surface area contributed by atoms with E-state index in [9.17, 15) is 4.79 Å². The number of aliphatic imine (C=N–C) groups is 2. The van der Waals surface area contributed by atoms with Crippen molar-refractivity contribution in [3.05, 3.63) is 0 Å². The molecule has 0 aromatic rings. The van der Waals surface area contributed by atoms with Gasteiger partial charge in [0.15, 0.2) is 0 Å². The van der Waals surface area contributed by atoms with Gasteiger partial charge in [-0.1, -0.05) is 0 Å². The molecule has 2 heterocycles. The number of amides is 1. The standard InChI is InChI=1S/C19H33N5O2/c1-18(2,3)26-17(25)24-9-6-19(12-24)10-16(11-19)23-7-4-15(5-8-23)22-14-21-13-20/h13-16H,4-12H2,1-3H3,(H2,20,21,22). The number of hydrogen-bond acceptors (Lipinski definition) is 4. The Balaban J connectivity index is 1.41. The summed E-state index contributed by atoms with van der Waals surface area (Å²) >= 11 is 0. The monoisotopic (exact) mass is 363 g/mol. The Hall–Kier alpha value is -1.63. The lowest BCUT2D eigenvalue weighted by atomic mass is 9.64. The SMILES string of the molecule is CC(C)(C)OC(=O)N1CCC2(CC(N3CCC(N=CN=CN)CC3)C2)C1. The minimum atomic E-state index is -0.419. The predicted octanol–water partition coefficient (Wildman–Crippen LogP) is 2.26. The molecule has 0 unspecified atom stereocenters. The van der Waals surface area contributed by atoms with Crippen LogP contribution in [0.4, 0.5) is 4.79 Å². The maximum absolute atomic E-state index is 12.3. The largest absolute Gasteiger partial charge is 0.444 e.